The molecule has 7 rings (SSSR count). The number of aliphatic imine (C=N–C) groups is 1. The molecule has 2 aliphatic heterocycles. The van der Waals surface area contributed by atoms with Crippen LogP contribution in [0.3, 0.4) is 0 Å². The van der Waals surface area contributed by atoms with Crippen LogP contribution in [0.4, 0.5) is 14.4 Å². The average Bonchev–Trinajstić information content (AvgIpc) is 4.21. The van der Waals surface area contributed by atoms with Gasteiger partial charge in [0.25, 0.3) is 5.91 Å². The van der Waals surface area contributed by atoms with Crippen molar-refractivity contribution in [3.05, 3.63) is 102 Å². The molecule has 23 heteroatoms. The molecule has 4 atom stereocenters. The number of benzene rings is 1. The molecule has 5 aromatic rings. The molecule has 0 bridgehead atoms. The van der Waals surface area contributed by atoms with E-state index >= 15 is 0 Å². The van der Waals surface area contributed by atoms with E-state index in [1.807, 2.05) is 47.9 Å². The lowest BCUT2D eigenvalue weighted by atomic mass is 10.1. The van der Waals surface area contributed by atoms with Crippen LogP contribution >= 0.6 is 11.3 Å². The molecule has 6 heterocycles. The number of aliphatic carboxylic acids is 1. The smallest absolute Gasteiger partial charge is 0.484 e. The van der Waals surface area contributed by atoms with Gasteiger partial charge in [-0.25, -0.2) is 24.7 Å². The monoisotopic (exact) mass is 971 g/mol. The maximum atomic E-state index is 14.0. The quantitative estimate of drug-likeness (QED) is 0.0311. The number of hydrogen-bond donors (Lipinski definition) is 6. The Labute approximate surface area is 399 Å². The van der Waals surface area contributed by atoms with Gasteiger partial charge >= 0.3 is 13.4 Å². The van der Waals surface area contributed by atoms with Crippen LogP contribution in [0.2, 0.25) is 0 Å². The van der Waals surface area contributed by atoms with Gasteiger partial charge in [0.1, 0.15) is 24.3 Å². The molecule has 4 aromatic heterocycles. The number of nitrogens with one attached hydrogen (secondary N) is 3. The standard InChI is InChI=1S/C46H52BF2N9O10S/c48-47(49)58-33(14-17-35(58)36-6-4-25-69-36)26-32-13-12-31(56-32)11-8-30-9-15-34(16-10-30)67-27-38(60)51-18-3-1-2-7-37(59)50-19-5-21-65-23-24-66-22-20-52-43-39-44(54-28-53-43)57(29-55-39)45-41(62)40(61)42(68-45)46(63)64/h4,6,8-17,25-26,28-29,40-42,45,61-62H,1-3,5,7,18-24,27H2,(H,50,59)(H,51,60)(H,63,64)(H,52,53,54)/b11-8+,32-26-/t40-,41+,42-,45+/m0/s1. The Hall–Kier alpha value is -6.63. The molecule has 364 valence electrons. The number of nitrogens with zero attached hydrogens (tertiary/aromatic N) is 6. The minimum absolute atomic E-state index is 0.0387. The van der Waals surface area contributed by atoms with Gasteiger partial charge < -0.3 is 54.7 Å². The van der Waals surface area contributed by atoms with Crippen LogP contribution in [0.25, 0.3) is 33.9 Å². The Morgan fingerprint density at radius 1 is 0.855 bits per heavy atom. The number of ether oxygens (including phenoxy) is 4. The second kappa shape index (κ2) is 25.1. The number of hydrogen-bond acceptors (Lipinski definition) is 15. The van der Waals surface area contributed by atoms with E-state index in [2.05, 4.69) is 35.9 Å². The van der Waals surface area contributed by atoms with Crippen LogP contribution in [-0.4, -0.2) is 141 Å². The van der Waals surface area contributed by atoms with Crippen molar-refractivity contribution < 1.29 is 57.3 Å². The third-order valence-corrected chi connectivity index (χ3v) is 11.7. The van der Waals surface area contributed by atoms with Crippen molar-refractivity contribution in [1.29, 1.82) is 0 Å². The molecule has 6 N–H and O–H groups in total. The number of allylic oxidation sites excluding steroid dienone is 3. The first-order chi connectivity index (χ1) is 33.5. The molecule has 2 aliphatic rings. The number of anilines is 1. The van der Waals surface area contributed by atoms with Crippen LogP contribution in [0, 0.1) is 0 Å². The lowest BCUT2D eigenvalue weighted by molar-refractivity contribution is -0.155. The van der Waals surface area contributed by atoms with Gasteiger partial charge in [-0.15, -0.1) is 11.3 Å². The molecule has 0 radical (unpaired) electrons. The number of carboxylic acid groups (broad SMARTS) is 1. The summed E-state index contributed by atoms with van der Waals surface area (Å²) in [5.74, 6) is -0.730. The van der Waals surface area contributed by atoms with E-state index in [0.29, 0.717) is 105 Å². The summed E-state index contributed by atoms with van der Waals surface area (Å²) in [4.78, 5) is 53.8. The van der Waals surface area contributed by atoms with Crippen LogP contribution in [-0.2, 0) is 28.6 Å². The number of thiophene rings is 1. The fourth-order valence-corrected chi connectivity index (χ4v) is 8.08. The highest BCUT2D eigenvalue weighted by molar-refractivity contribution is 7.13. The summed E-state index contributed by atoms with van der Waals surface area (Å²) in [5, 5.41) is 40.3. The minimum atomic E-state index is -2.69. The summed E-state index contributed by atoms with van der Waals surface area (Å²) in [7, 11) is -2.69. The number of unbranched alkanes of at least 4 members (excludes halogenated alkanes) is 2. The molecule has 0 saturated carbocycles. The van der Waals surface area contributed by atoms with Gasteiger partial charge in [-0.3, -0.25) is 22.8 Å². The maximum absolute atomic E-state index is 14.0. The zero-order valence-electron chi connectivity index (χ0n) is 37.4. The summed E-state index contributed by atoms with van der Waals surface area (Å²) < 4.78 is 52.5. The molecule has 0 aliphatic carbocycles. The van der Waals surface area contributed by atoms with Crippen molar-refractivity contribution in [3.8, 4) is 16.3 Å². The predicted molar refractivity (Wildman–Crippen MR) is 255 cm³/mol. The van der Waals surface area contributed by atoms with Gasteiger partial charge in [0.2, 0.25) is 5.91 Å². The highest BCUT2D eigenvalue weighted by Crippen LogP contribution is 2.33. The minimum Gasteiger partial charge on any atom is -0.484 e. The maximum Gasteiger partial charge on any atom is 0.678 e. The lowest BCUT2D eigenvalue weighted by Gasteiger charge is -2.16. The number of aliphatic hydroxyl groups excluding tert-OH is 2. The Kier molecular flexibility index (Phi) is 18.3. The van der Waals surface area contributed by atoms with Crippen LogP contribution < -0.4 is 20.7 Å². The molecule has 2 amide bonds. The zero-order valence-corrected chi connectivity index (χ0v) is 38.2. The molecular formula is C46H52BF2N9O10S. The molecular weight excluding hydrogens is 919 g/mol. The summed E-state index contributed by atoms with van der Waals surface area (Å²) in [6.45, 7) is 2.75. The number of carbonyl (C=O) groups is 3. The number of aromatic nitrogens is 5. The second-order valence-electron chi connectivity index (χ2n) is 15.7. The van der Waals surface area contributed by atoms with Gasteiger partial charge in [-0.2, -0.15) is 0 Å². The van der Waals surface area contributed by atoms with E-state index in [0.717, 1.165) is 27.8 Å². The van der Waals surface area contributed by atoms with Crippen LogP contribution in [0.1, 0.15) is 49.6 Å². The summed E-state index contributed by atoms with van der Waals surface area (Å²) in [5.41, 5.74) is 3.61. The van der Waals surface area contributed by atoms with Crippen LogP contribution in [0.5, 0.6) is 5.75 Å². The first kappa shape index (κ1) is 50.3. The molecule has 0 spiro atoms. The van der Waals surface area contributed by atoms with Crippen molar-refractivity contribution in [1.82, 2.24) is 34.6 Å². The van der Waals surface area contributed by atoms with Gasteiger partial charge in [0, 0.05) is 43.2 Å². The fourth-order valence-electron chi connectivity index (χ4n) is 7.33. The number of fused-ring (bicyclic) bond motifs is 1. The van der Waals surface area contributed by atoms with Gasteiger partial charge in [-0.1, -0.05) is 30.7 Å². The van der Waals surface area contributed by atoms with E-state index in [9.17, 15) is 38.3 Å². The number of halogens is 2. The molecule has 19 nitrogen and oxygen atoms in total. The van der Waals surface area contributed by atoms with E-state index in [-0.39, 0.29) is 24.1 Å². The van der Waals surface area contributed by atoms with E-state index in [4.69, 9.17) is 18.9 Å². The highest BCUT2D eigenvalue weighted by atomic mass is 32.1. The molecule has 69 heavy (non-hydrogen) atoms. The van der Waals surface area contributed by atoms with Crippen molar-refractivity contribution in [2.24, 2.45) is 4.99 Å². The van der Waals surface area contributed by atoms with Crippen molar-refractivity contribution in [2.75, 3.05) is 58.0 Å². The lowest BCUT2D eigenvalue weighted by Crippen LogP contribution is -2.35. The number of amides is 2. The van der Waals surface area contributed by atoms with Crippen molar-refractivity contribution in [2.45, 2.75) is 56.6 Å². The Morgan fingerprint density at radius 3 is 2.42 bits per heavy atom. The van der Waals surface area contributed by atoms with Crippen LogP contribution in [0.15, 0.2) is 95.5 Å². The fraction of sp³-hybridized carbons (Fsp3) is 0.370. The largest absolute Gasteiger partial charge is 0.678 e. The average molecular weight is 972 g/mol. The third-order valence-electron chi connectivity index (χ3n) is 10.8. The number of imidazole rings is 1. The zero-order chi connectivity index (χ0) is 48.5. The Balaban J connectivity index is 0.670. The topological polar surface area (TPSA) is 246 Å². The Bertz CT molecular complexity index is 2620. The number of rotatable bonds is 27. The normalized spacial score (nSPS) is 18.3. The van der Waals surface area contributed by atoms with Gasteiger partial charge in [0.05, 0.1) is 43.3 Å². The van der Waals surface area contributed by atoms with E-state index in [1.165, 1.54) is 28.6 Å². The number of carboxylic acids is 1. The summed E-state index contributed by atoms with van der Waals surface area (Å²) >= 11 is 1.41. The van der Waals surface area contributed by atoms with E-state index in [1.54, 1.807) is 36.4 Å². The molecule has 0 unspecified atom stereocenters. The SMILES string of the molecule is O=C(CCCCCNC(=O)COc1ccc(/C=C/C2=NC(=C\c3ccc(-c4cccs4)n3B(F)F)/C=C2)cc1)NCCCOCCOCCNc1ncnc2c1ncn2[C@@H]1O[C@H](C(=O)O)[C@@H](O)[C@H]1O. The van der Waals surface area contributed by atoms with E-state index < -0.39 is 37.9 Å². The number of aliphatic hydroxyl groups is 2. The Morgan fingerprint density at radius 2 is 1.65 bits per heavy atom. The molecule has 1 saturated heterocycles. The summed E-state index contributed by atoms with van der Waals surface area (Å²) in [6, 6.07) is 14.2. The molecule has 1 fully saturated rings. The second-order valence-corrected chi connectivity index (χ2v) is 16.7. The highest BCUT2D eigenvalue weighted by Gasteiger charge is 2.48. The number of carbonyl (C=O) groups excluding carboxylic acids is 2. The van der Waals surface area contributed by atoms with Gasteiger partial charge in [-0.05, 0) is 84.8 Å². The first-order valence-electron chi connectivity index (χ1n) is 22.3. The predicted octanol–water partition coefficient (Wildman–Crippen LogP) is 4.60. The first-order valence-corrected chi connectivity index (χ1v) is 23.2. The summed E-state index contributed by atoms with van der Waals surface area (Å²) in [6.07, 6.45) is 8.92. The van der Waals surface area contributed by atoms with Crippen molar-refractivity contribution in [3.63, 3.8) is 0 Å². The third kappa shape index (κ3) is 14.0. The molecule has 1 aromatic carbocycles. The van der Waals surface area contributed by atoms with Gasteiger partial charge in [0.15, 0.2) is 35.9 Å². The van der Waals surface area contributed by atoms with Crippen molar-refractivity contribution >= 4 is 71.4 Å².